The van der Waals surface area contributed by atoms with Crippen molar-refractivity contribution in [2.75, 3.05) is 31.3 Å². The molecule has 2 aliphatic heterocycles. The van der Waals surface area contributed by atoms with Crippen LogP contribution in [0.4, 0.5) is 5.69 Å². The number of likely N-dealkylation sites (tertiary alicyclic amines) is 1. The van der Waals surface area contributed by atoms with Gasteiger partial charge in [0.1, 0.15) is 19.3 Å². The normalized spacial score (nSPS) is 18.6. The molecule has 1 fully saturated rings. The van der Waals surface area contributed by atoms with E-state index < -0.39 is 6.04 Å². The Labute approximate surface area is 167 Å². The van der Waals surface area contributed by atoms with Crippen LogP contribution < -0.4 is 14.8 Å². The summed E-state index contributed by atoms with van der Waals surface area (Å²) in [7, 11) is 0. The first-order chi connectivity index (χ1) is 13.7. The second kappa shape index (κ2) is 8.18. The van der Waals surface area contributed by atoms with E-state index in [-0.39, 0.29) is 17.6 Å². The molecule has 0 saturated carbocycles. The highest BCUT2D eigenvalue weighted by Crippen LogP contribution is 2.39. The molecule has 2 aromatic rings. The van der Waals surface area contributed by atoms with Crippen molar-refractivity contribution >= 4 is 29.3 Å². The molecule has 2 aliphatic rings. The first-order valence-corrected chi connectivity index (χ1v) is 10.5. The largest absolute Gasteiger partial charge is 0.486 e. The Bertz CT molecular complexity index is 868. The Morgan fingerprint density at radius 2 is 1.96 bits per heavy atom. The lowest BCUT2D eigenvalue weighted by atomic mass is 10.0. The topological polar surface area (TPSA) is 81.0 Å². The molecule has 1 saturated heterocycles. The number of benzene rings is 1. The highest BCUT2D eigenvalue weighted by Gasteiger charge is 2.34. The molecule has 2 amide bonds. The lowest BCUT2D eigenvalue weighted by Crippen LogP contribution is -2.50. The smallest absolute Gasteiger partial charge is 0.290 e. The van der Waals surface area contributed by atoms with Crippen LogP contribution in [0.15, 0.2) is 39.8 Å². The van der Waals surface area contributed by atoms with Gasteiger partial charge in [-0.2, -0.15) is 0 Å². The maximum atomic E-state index is 13.1. The molecule has 1 aromatic carbocycles. The number of anilines is 1. The Kier molecular flexibility index (Phi) is 5.47. The predicted octanol–water partition coefficient (Wildman–Crippen LogP) is 3.41. The molecule has 0 radical (unpaired) electrons. The molecular weight excluding hydrogens is 380 g/mol. The van der Waals surface area contributed by atoms with Crippen molar-refractivity contribution in [3.8, 4) is 11.5 Å². The van der Waals surface area contributed by atoms with E-state index in [1.54, 1.807) is 23.1 Å². The summed E-state index contributed by atoms with van der Waals surface area (Å²) in [6.07, 6.45) is 5.80. The first kappa shape index (κ1) is 18.7. The average molecular weight is 402 g/mol. The summed E-state index contributed by atoms with van der Waals surface area (Å²) in [5.74, 6) is 1.10. The van der Waals surface area contributed by atoms with Crippen molar-refractivity contribution in [2.24, 2.45) is 0 Å². The standard InChI is InChI=1S/C20H22N2O5S/c1-28-18-12-17-16(26-9-10-27-17)11-13(18)21-19(23)14-5-2-3-7-22(14)20(24)15-6-4-8-25-15/h4,6,8,11-12,14H,2-3,5,7,9-10H2,1H3,(H,21,23)/t14-/m0/s1. The minimum Gasteiger partial charge on any atom is -0.486 e. The maximum Gasteiger partial charge on any atom is 0.290 e. The number of rotatable bonds is 4. The van der Waals surface area contributed by atoms with Gasteiger partial charge in [-0.15, -0.1) is 11.8 Å². The zero-order valence-corrected chi connectivity index (χ0v) is 16.4. The van der Waals surface area contributed by atoms with E-state index in [0.29, 0.717) is 43.4 Å². The van der Waals surface area contributed by atoms with Crippen LogP contribution in [0, 0.1) is 0 Å². The third-order valence-electron chi connectivity index (χ3n) is 4.92. The molecule has 1 N–H and O–H groups in total. The molecular formula is C20H22N2O5S. The second-order valence-corrected chi connectivity index (χ2v) is 7.52. The summed E-state index contributed by atoms with van der Waals surface area (Å²) in [5, 5.41) is 2.99. The maximum absolute atomic E-state index is 13.1. The molecule has 7 nitrogen and oxygen atoms in total. The van der Waals surface area contributed by atoms with Gasteiger partial charge in [-0.05, 0) is 43.7 Å². The van der Waals surface area contributed by atoms with E-state index in [1.807, 2.05) is 12.3 Å². The summed E-state index contributed by atoms with van der Waals surface area (Å²) in [6, 6.07) is 6.43. The lowest BCUT2D eigenvalue weighted by Gasteiger charge is -2.34. The van der Waals surface area contributed by atoms with Gasteiger partial charge in [0.05, 0.1) is 12.0 Å². The van der Waals surface area contributed by atoms with E-state index in [0.717, 1.165) is 17.7 Å². The number of carbonyl (C=O) groups excluding carboxylic acids is 2. The number of nitrogens with one attached hydrogen (secondary N) is 1. The van der Waals surface area contributed by atoms with E-state index >= 15 is 0 Å². The quantitative estimate of drug-likeness (QED) is 0.790. The zero-order valence-electron chi connectivity index (χ0n) is 15.6. The number of piperidine rings is 1. The van der Waals surface area contributed by atoms with Crippen molar-refractivity contribution in [2.45, 2.75) is 30.2 Å². The van der Waals surface area contributed by atoms with Crippen molar-refractivity contribution in [1.82, 2.24) is 4.90 Å². The molecule has 1 atom stereocenters. The zero-order chi connectivity index (χ0) is 19.5. The molecule has 0 unspecified atom stereocenters. The van der Waals surface area contributed by atoms with Crippen LogP contribution in [0.2, 0.25) is 0 Å². The Balaban J connectivity index is 1.55. The van der Waals surface area contributed by atoms with Gasteiger partial charge < -0.3 is 24.1 Å². The van der Waals surface area contributed by atoms with Gasteiger partial charge >= 0.3 is 0 Å². The van der Waals surface area contributed by atoms with Gasteiger partial charge in [-0.25, -0.2) is 0 Å². The molecule has 8 heteroatoms. The fourth-order valence-corrected chi connectivity index (χ4v) is 4.10. The van der Waals surface area contributed by atoms with Crippen LogP contribution in [0.3, 0.4) is 0 Å². The van der Waals surface area contributed by atoms with Gasteiger partial charge in [0.25, 0.3) is 5.91 Å². The van der Waals surface area contributed by atoms with Gasteiger partial charge in [0.2, 0.25) is 5.91 Å². The number of nitrogens with zero attached hydrogens (tertiary/aromatic N) is 1. The molecule has 4 rings (SSSR count). The van der Waals surface area contributed by atoms with Crippen molar-refractivity contribution in [3.05, 3.63) is 36.3 Å². The third kappa shape index (κ3) is 3.69. The Morgan fingerprint density at radius 1 is 1.18 bits per heavy atom. The van der Waals surface area contributed by atoms with Gasteiger partial charge in [-0.3, -0.25) is 9.59 Å². The number of furan rings is 1. The molecule has 148 valence electrons. The third-order valence-corrected chi connectivity index (χ3v) is 5.70. The minimum absolute atomic E-state index is 0.202. The lowest BCUT2D eigenvalue weighted by molar-refractivity contribution is -0.121. The Morgan fingerprint density at radius 3 is 2.68 bits per heavy atom. The van der Waals surface area contributed by atoms with E-state index in [2.05, 4.69) is 5.32 Å². The number of hydrogen-bond donors (Lipinski definition) is 1. The highest BCUT2D eigenvalue weighted by atomic mass is 32.2. The van der Waals surface area contributed by atoms with E-state index in [9.17, 15) is 9.59 Å². The molecule has 28 heavy (non-hydrogen) atoms. The molecule has 0 spiro atoms. The number of carbonyl (C=O) groups is 2. The van der Waals surface area contributed by atoms with Crippen LogP contribution in [0.1, 0.15) is 29.8 Å². The second-order valence-electron chi connectivity index (χ2n) is 6.67. The fraction of sp³-hybridized carbons (Fsp3) is 0.400. The Hall–Kier alpha value is -2.61. The van der Waals surface area contributed by atoms with Crippen molar-refractivity contribution in [3.63, 3.8) is 0 Å². The predicted molar refractivity (Wildman–Crippen MR) is 105 cm³/mol. The van der Waals surface area contributed by atoms with Crippen LogP contribution in [0.5, 0.6) is 11.5 Å². The van der Waals surface area contributed by atoms with Crippen LogP contribution in [0.25, 0.3) is 0 Å². The van der Waals surface area contributed by atoms with Crippen LogP contribution in [-0.2, 0) is 4.79 Å². The van der Waals surface area contributed by atoms with Crippen LogP contribution in [-0.4, -0.2) is 48.8 Å². The number of thioether (sulfide) groups is 1. The van der Waals surface area contributed by atoms with Crippen molar-refractivity contribution in [1.29, 1.82) is 0 Å². The number of ether oxygens (including phenoxy) is 2. The minimum atomic E-state index is -0.533. The number of fused-ring (bicyclic) bond motifs is 1. The fourth-order valence-electron chi connectivity index (χ4n) is 3.54. The molecule has 3 heterocycles. The van der Waals surface area contributed by atoms with Crippen LogP contribution >= 0.6 is 11.8 Å². The van der Waals surface area contributed by atoms with Gasteiger partial charge in [-0.1, -0.05) is 0 Å². The molecule has 0 bridgehead atoms. The average Bonchev–Trinajstić information content (AvgIpc) is 3.27. The molecule has 0 aliphatic carbocycles. The molecule has 1 aromatic heterocycles. The van der Waals surface area contributed by atoms with E-state index in [4.69, 9.17) is 13.9 Å². The van der Waals surface area contributed by atoms with Gasteiger partial charge in [0.15, 0.2) is 17.3 Å². The summed E-state index contributed by atoms with van der Waals surface area (Å²) in [4.78, 5) is 28.3. The number of amides is 2. The highest BCUT2D eigenvalue weighted by molar-refractivity contribution is 7.98. The number of hydrogen-bond acceptors (Lipinski definition) is 6. The SMILES string of the molecule is CSc1cc2c(cc1NC(=O)[C@@H]1CCCCN1C(=O)c1ccco1)OCCO2. The van der Waals surface area contributed by atoms with Crippen molar-refractivity contribution < 1.29 is 23.5 Å². The summed E-state index contributed by atoms with van der Waals surface area (Å²) >= 11 is 1.52. The monoisotopic (exact) mass is 402 g/mol. The summed E-state index contributed by atoms with van der Waals surface area (Å²) < 4.78 is 16.5. The summed E-state index contributed by atoms with van der Waals surface area (Å²) in [5.41, 5.74) is 0.665. The first-order valence-electron chi connectivity index (χ1n) is 9.30. The van der Waals surface area contributed by atoms with Gasteiger partial charge in [0, 0.05) is 17.5 Å². The van der Waals surface area contributed by atoms with E-state index in [1.165, 1.54) is 18.0 Å². The summed E-state index contributed by atoms with van der Waals surface area (Å²) in [6.45, 7) is 1.53.